The van der Waals surface area contributed by atoms with Crippen molar-refractivity contribution < 1.29 is 4.79 Å². The van der Waals surface area contributed by atoms with Crippen molar-refractivity contribution in [3.05, 3.63) is 74.1 Å². The lowest BCUT2D eigenvalue weighted by atomic mass is 9.98. The van der Waals surface area contributed by atoms with Gasteiger partial charge < -0.3 is 9.80 Å². The number of thiophene rings is 2. The van der Waals surface area contributed by atoms with E-state index in [9.17, 15) is 4.79 Å². The molecule has 156 valence electrons. The molecule has 0 saturated carbocycles. The van der Waals surface area contributed by atoms with Crippen LogP contribution in [0.4, 0.5) is 5.69 Å². The number of amides is 1. The normalized spacial score (nSPS) is 19.7. The maximum absolute atomic E-state index is 13.2. The highest BCUT2D eigenvalue weighted by Gasteiger charge is 2.33. The number of hydrogen-bond donors (Lipinski definition) is 0. The smallest absolute Gasteiger partial charge is 0.236 e. The van der Waals surface area contributed by atoms with Crippen LogP contribution in [-0.2, 0) is 11.2 Å². The number of piperazine rings is 1. The topological polar surface area (TPSA) is 26.8 Å². The number of carbonyl (C=O) groups excluding carboxylic acids is 1. The molecule has 0 radical (unpaired) electrons. The number of fused-ring (bicyclic) bond motifs is 1. The summed E-state index contributed by atoms with van der Waals surface area (Å²) in [4.78, 5) is 22.8. The van der Waals surface area contributed by atoms with Gasteiger partial charge in [0.1, 0.15) is 0 Å². The van der Waals surface area contributed by atoms with Crippen molar-refractivity contribution in [1.82, 2.24) is 9.80 Å². The summed E-state index contributed by atoms with van der Waals surface area (Å²) in [6.07, 6.45) is 1.04. The van der Waals surface area contributed by atoms with Crippen molar-refractivity contribution in [2.45, 2.75) is 19.4 Å². The maximum atomic E-state index is 13.2. The fraction of sp³-hybridized carbons (Fsp3) is 0.375. The first-order chi connectivity index (χ1) is 14.7. The van der Waals surface area contributed by atoms with E-state index in [1.807, 2.05) is 11.3 Å². The predicted octanol–water partition coefficient (Wildman–Crippen LogP) is 4.41. The first-order valence-electron chi connectivity index (χ1n) is 10.6. The summed E-state index contributed by atoms with van der Waals surface area (Å²) in [6, 6.07) is 15.4. The van der Waals surface area contributed by atoms with Crippen molar-refractivity contribution >= 4 is 34.3 Å². The van der Waals surface area contributed by atoms with E-state index >= 15 is 0 Å². The molecule has 1 unspecified atom stereocenters. The zero-order valence-corrected chi connectivity index (χ0v) is 18.9. The molecule has 1 atom stereocenters. The Hall–Kier alpha value is -2.15. The Kier molecular flexibility index (Phi) is 5.63. The van der Waals surface area contributed by atoms with Crippen molar-refractivity contribution in [1.29, 1.82) is 0 Å². The van der Waals surface area contributed by atoms with Crippen LogP contribution >= 0.6 is 22.7 Å². The molecule has 0 bridgehead atoms. The average molecular weight is 438 g/mol. The Balaban J connectivity index is 1.25. The molecule has 5 rings (SSSR count). The van der Waals surface area contributed by atoms with Crippen LogP contribution in [0.2, 0.25) is 0 Å². The van der Waals surface area contributed by atoms with Crippen LogP contribution < -0.4 is 4.90 Å². The quantitative estimate of drug-likeness (QED) is 0.605. The standard InChI is InChI=1S/C24H27N3OS2/c1-18-4-2-5-19(16-18)25-10-12-26(13-11-25)23(28)17-27-9-7-21-20(8-15-30-21)24(27)22-6-3-14-29-22/h2-6,8,14-16,24H,7,9-13,17H2,1H3. The molecule has 1 fully saturated rings. The SMILES string of the molecule is Cc1cccc(N2CCN(C(=O)CN3CCc4sccc4C3c3cccs3)CC2)c1. The van der Waals surface area contributed by atoms with Gasteiger partial charge in [-0.1, -0.05) is 18.2 Å². The number of nitrogens with zero attached hydrogens (tertiary/aromatic N) is 3. The van der Waals surface area contributed by atoms with Gasteiger partial charge >= 0.3 is 0 Å². The summed E-state index contributed by atoms with van der Waals surface area (Å²) in [5.74, 6) is 0.263. The Morgan fingerprint density at radius 2 is 1.87 bits per heavy atom. The minimum atomic E-state index is 0.220. The average Bonchev–Trinajstić information content (AvgIpc) is 3.46. The third-order valence-corrected chi connectivity index (χ3v) is 8.14. The predicted molar refractivity (Wildman–Crippen MR) is 126 cm³/mol. The van der Waals surface area contributed by atoms with Gasteiger partial charge in [-0.15, -0.1) is 22.7 Å². The Morgan fingerprint density at radius 3 is 2.63 bits per heavy atom. The van der Waals surface area contributed by atoms with Gasteiger partial charge in [-0.05, 0) is 59.5 Å². The molecule has 1 amide bonds. The zero-order valence-electron chi connectivity index (χ0n) is 17.3. The second kappa shape index (κ2) is 8.53. The van der Waals surface area contributed by atoms with Crippen LogP contribution in [0.3, 0.4) is 0 Å². The molecule has 2 aliphatic heterocycles. The van der Waals surface area contributed by atoms with Gasteiger partial charge in [0.05, 0.1) is 12.6 Å². The third-order valence-electron chi connectivity index (χ3n) is 6.22. The van der Waals surface area contributed by atoms with Gasteiger partial charge in [0, 0.05) is 48.2 Å². The Morgan fingerprint density at radius 1 is 1.00 bits per heavy atom. The minimum absolute atomic E-state index is 0.220. The zero-order chi connectivity index (χ0) is 20.5. The number of hydrogen-bond acceptors (Lipinski definition) is 5. The van der Waals surface area contributed by atoms with Gasteiger partial charge in [-0.2, -0.15) is 0 Å². The van der Waals surface area contributed by atoms with Crippen molar-refractivity contribution in [2.24, 2.45) is 0 Å². The molecule has 4 nitrogen and oxygen atoms in total. The van der Waals surface area contributed by atoms with Gasteiger partial charge in [0.2, 0.25) is 5.91 Å². The first-order valence-corrected chi connectivity index (χ1v) is 12.4. The third kappa shape index (κ3) is 3.92. The molecule has 30 heavy (non-hydrogen) atoms. The molecule has 2 aliphatic rings. The molecule has 3 aromatic rings. The maximum Gasteiger partial charge on any atom is 0.236 e. The first kappa shape index (κ1) is 19.8. The monoisotopic (exact) mass is 437 g/mol. The molecular weight excluding hydrogens is 410 g/mol. The highest BCUT2D eigenvalue weighted by molar-refractivity contribution is 7.10. The lowest BCUT2D eigenvalue weighted by molar-refractivity contribution is -0.133. The van der Waals surface area contributed by atoms with Crippen LogP contribution in [0, 0.1) is 6.92 Å². The van der Waals surface area contributed by atoms with E-state index in [0.29, 0.717) is 6.54 Å². The van der Waals surface area contributed by atoms with Gasteiger partial charge in [-0.25, -0.2) is 0 Å². The summed E-state index contributed by atoms with van der Waals surface area (Å²) < 4.78 is 0. The largest absolute Gasteiger partial charge is 0.368 e. The second-order valence-corrected chi connectivity index (χ2v) is 10.1. The number of rotatable bonds is 4. The second-order valence-electron chi connectivity index (χ2n) is 8.14. The van der Waals surface area contributed by atoms with E-state index < -0.39 is 0 Å². The summed E-state index contributed by atoms with van der Waals surface area (Å²) in [7, 11) is 0. The summed E-state index contributed by atoms with van der Waals surface area (Å²) in [5.41, 5.74) is 3.94. The number of aryl methyl sites for hydroxylation is 1. The summed E-state index contributed by atoms with van der Waals surface area (Å²) in [6.45, 7) is 6.98. The summed E-state index contributed by atoms with van der Waals surface area (Å²) in [5, 5.41) is 4.33. The molecule has 0 N–H and O–H groups in total. The molecular formula is C24H27N3OS2. The van der Waals surface area contributed by atoms with Crippen LogP contribution in [0.5, 0.6) is 0 Å². The Bertz CT molecular complexity index is 1010. The highest BCUT2D eigenvalue weighted by Crippen LogP contribution is 2.39. The van der Waals surface area contributed by atoms with E-state index in [1.54, 1.807) is 11.3 Å². The van der Waals surface area contributed by atoms with E-state index in [0.717, 1.165) is 39.1 Å². The number of carbonyl (C=O) groups is 1. The van der Waals surface area contributed by atoms with E-state index in [2.05, 4.69) is 74.8 Å². The van der Waals surface area contributed by atoms with E-state index in [4.69, 9.17) is 0 Å². The molecule has 1 saturated heterocycles. The number of benzene rings is 1. The molecule has 0 spiro atoms. The Labute approximate surface area is 186 Å². The molecule has 6 heteroatoms. The highest BCUT2D eigenvalue weighted by atomic mass is 32.1. The lowest BCUT2D eigenvalue weighted by Crippen LogP contribution is -2.52. The van der Waals surface area contributed by atoms with Crippen molar-refractivity contribution in [3.8, 4) is 0 Å². The van der Waals surface area contributed by atoms with E-state index in [1.165, 1.54) is 26.6 Å². The van der Waals surface area contributed by atoms with Gasteiger partial charge in [0.15, 0.2) is 0 Å². The molecule has 0 aliphatic carbocycles. The molecule has 1 aromatic carbocycles. The van der Waals surface area contributed by atoms with Gasteiger partial charge in [0.25, 0.3) is 0 Å². The number of anilines is 1. The van der Waals surface area contributed by atoms with Crippen LogP contribution in [0.1, 0.15) is 26.9 Å². The fourth-order valence-electron chi connectivity index (χ4n) is 4.63. The van der Waals surface area contributed by atoms with Crippen molar-refractivity contribution in [2.75, 3.05) is 44.2 Å². The van der Waals surface area contributed by atoms with Crippen LogP contribution in [0.25, 0.3) is 0 Å². The van der Waals surface area contributed by atoms with Crippen LogP contribution in [-0.4, -0.2) is 55.0 Å². The van der Waals surface area contributed by atoms with Gasteiger partial charge in [-0.3, -0.25) is 9.69 Å². The minimum Gasteiger partial charge on any atom is -0.368 e. The van der Waals surface area contributed by atoms with Crippen LogP contribution in [0.15, 0.2) is 53.2 Å². The molecule has 4 heterocycles. The van der Waals surface area contributed by atoms with E-state index in [-0.39, 0.29) is 11.9 Å². The van der Waals surface area contributed by atoms with Crippen molar-refractivity contribution in [3.63, 3.8) is 0 Å². The lowest BCUT2D eigenvalue weighted by Gasteiger charge is -2.39. The summed E-state index contributed by atoms with van der Waals surface area (Å²) >= 11 is 3.64. The molecule has 2 aromatic heterocycles. The fourth-order valence-corrected chi connectivity index (χ4v) is 6.41.